The van der Waals surface area contributed by atoms with Crippen LogP contribution in [-0.2, 0) is 20.9 Å². The second-order valence-corrected chi connectivity index (χ2v) is 5.97. The minimum absolute atomic E-state index is 0.128. The molecule has 122 valence electrons. The first-order valence-corrected chi connectivity index (χ1v) is 7.37. The van der Waals surface area contributed by atoms with Crippen LogP contribution in [0.2, 0.25) is 0 Å². The molecule has 1 atom stereocenters. The van der Waals surface area contributed by atoms with Crippen LogP contribution in [0, 0.1) is 6.92 Å². The summed E-state index contributed by atoms with van der Waals surface area (Å²) in [6.45, 7) is 3.74. The molecule has 0 spiro atoms. The second-order valence-electron chi connectivity index (χ2n) is 5.97. The highest BCUT2D eigenvalue weighted by Gasteiger charge is 2.35. The van der Waals surface area contributed by atoms with Crippen molar-refractivity contribution in [3.63, 3.8) is 0 Å². The molecule has 0 aliphatic carbocycles. The van der Waals surface area contributed by atoms with Gasteiger partial charge in [0.1, 0.15) is 29.3 Å². The van der Waals surface area contributed by atoms with E-state index in [0.717, 1.165) is 5.56 Å². The van der Waals surface area contributed by atoms with Crippen LogP contribution in [0.4, 0.5) is 0 Å². The first-order valence-electron chi connectivity index (χ1n) is 7.37. The van der Waals surface area contributed by atoms with E-state index in [1.165, 1.54) is 7.11 Å². The van der Waals surface area contributed by atoms with E-state index in [4.69, 9.17) is 14.2 Å². The van der Waals surface area contributed by atoms with Gasteiger partial charge in [0.15, 0.2) is 0 Å². The van der Waals surface area contributed by atoms with E-state index < -0.39 is 11.6 Å². The van der Waals surface area contributed by atoms with Crippen LogP contribution in [0.25, 0.3) is 6.08 Å². The summed E-state index contributed by atoms with van der Waals surface area (Å²) in [5.41, 5.74) is 1.23. The molecule has 2 aliphatic heterocycles. The van der Waals surface area contributed by atoms with E-state index in [-0.39, 0.29) is 23.9 Å². The molecule has 6 heteroatoms. The number of cyclic esters (lactones) is 2. The molecule has 2 heterocycles. The number of rotatable bonds is 3. The largest absolute Gasteiger partial charge is 0.506 e. The lowest BCUT2D eigenvalue weighted by atomic mass is 9.95. The standard InChI is InChI=1S/C17H18O6/c1-9-11-8-22-16(20)13(11)14(19)10(15(9)21-3)4-6-17(2)7-5-12(18)23-17/h4,6,19H,5,7-8H2,1-3H3/b6-4+/t17-/m1/s1. The number of phenols is 1. The summed E-state index contributed by atoms with van der Waals surface area (Å²) in [5, 5.41) is 10.5. The normalized spacial score (nSPS) is 23.1. The van der Waals surface area contributed by atoms with Crippen molar-refractivity contribution in [2.45, 2.75) is 38.9 Å². The molecule has 0 radical (unpaired) electrons. The van der Waals surface area contributed by atoms with Gasteiger partial charge in [-0.2, -0.15) is 0 Å². The zero-order valence-corrected chi connectivity index (χ0v) is 13.3. The van der Waals surface area contributed by atoms with Gasteiger partial charge in [-0.25, -0.2) is 4.79 Å². The fraction of sp³-hybridized carbons (Fsp3) is 0.412. The van der Waals surface area contributed by atoms with Crippen molar-refractivity contribution in [2.75, 3.05) is 7.11 Å². The summed E-state index contributed by atoms with van der Waals surface area (Å²) in [5.74, 6) is -0.490. The lowest BCUT2D eigenvalue weighted by molar-refractivity contribution is -0.144. The maximum absolute atomic E-state index is 11.8. The summed E-state index contributed by atoms with van der Waals surface area (Å²) in [6, 6.07) is 0. The van der Waals surface area contributed by atoms with Crippen molar-refractivity contribution < 1.29 is 28.9 Å². The van der Waals surface area contributed by atoms with Gasteiger partial charge in [-0.1, -0.05) is 0 Å². The highest BCUT2D eigenvalue weighted by molar-refractivity contribution is 5.99. The van der Waals surface area contributed by atoms with E-state index in [9.17, 15) is 14.7 Å². The fourth-order valence-corrected chi connectivity index (χ4v) is 3.03. The summed E-state index contributed by atoms with van der Waals surface area (Å²) in [7, 11) is 1.50. The molecule has 0 saturated carbocycles. The second kappa shape index (κ2) is 5.30. The molecule has 1 fully saturated rings. The average Bonchev–Trinajstić information content (AvgIpc) is 3.05. The van der Waals surface area contributed by atoms with Gasteiger partial charge in [0, 0.05) is 18.4 Å². The number of phenolic OH excluding ortho intramolecular Hbond substituents is 1. The predicted octanol–water partition coefficient (Wildman–Crippen LogP) is 2.49. The molecule has 0 amide bonds. The van der Waals surface area contributed by atoms with Crippen molar-refractivity contribution in [1.29, 1.82) is 0 Å². The topological polar surface area (TPSA) is 82.1 Å². The SMILES string of the molecule is COc1c(C)c2c(c(O)c1/C=C/[C@]1(C)CCC(=O)O1)C(=O)OC2. The van der Waals surface area contributed by atoms with Crippen LogP contribution in [0.3, 0.4) is 0 Å². The summed E-state index contributed by atoms with van der Waals surface area (Å²) in [4.78, 5) is 23.2. The quantitative estimate of drug-likeness (QED) is 0.862. The molecule has 1 aromatic carbocycles. The Labute approximate surface area is 133 Å². The third kappa shape index (κ3) is 2.44. The third-order valence-corrected chi connectivity index (χ3v) is 4.36. The monoisotopic (exact) mass is 318 g/mol. The van der Waals surface area contributed by atoms with Gasteiger partial charge in [-0.15, -0.1) is 0 Å². The predicted molar refractivity (Wildman–Crippen MR) is 81.3 cm³/mol. The molecule has 6 nitrogen and oxygen atoms in total. The maximum atomic E-state index is 11.8. The van der Waals surface area contributed by atoms with Crippen molar-refractivity contribution in [1.82, 2.24) is 0 Å². The number of carbonyl (C=O) groups is 2. The van der Waals surface area contributed by atoms with Crippen molar-refractivity contribution in [2.24, 2.45) is 0 Å². The number of methoxy groups -OCH3 is 1. The third-order valence-electron chi connectivity index (χ3n) is 4.36. The average molecular weight is 318 g/mol. The van der Waals surface area contributed by atoms with Crippen LogP contribution in [0.15, 0.2) is 6.08 Å². The fourth-order valence-electron chi connectivity index (χ4n) is 3.03. The maximum Gasteiger partial charge on any atom is 0.342 e. The molecule has 2 aliphatic rings. The number of hydrogen-bond acceptors (Lipinski definition) is 6. The van der Waals surface area contributed by atoms with E-state index in [2.05, 4.69) is 0 Å². The van der Waals surface area contributed by atoms with Crippen LogP contribution >= 0.6 is 0 Å². The van der Waals surface area contributed by atoms with Crippen LogP contribution in [0.1, 0.15) is 46.8 Å². The van der Waals surface area contributed by atoms with Gasteiger partial charge in [-0.3, -0.25) is 4.79 Å². The first-order chi connectivity index (χ1) is 10.9. The molecule has 0 aromatic heterocycles. The Hall–Kier alpha value is -2.50. The molecule has 3 rings (SSSR count). The molecule has 1 N–H and O–H groups in total. The highest BCUT2D eigenvalue weighted by Crippen LogP contribution is 2.42. The number of hydrogen-bond donors (Lipinski definition) is 1. The van der Waals surface area contributed by atoms with E-state index in [1.54, 1.807) is 19.1 Å². The Morgan fingerprint density at radius 2 is 2.09 bits per heavy atom. The molecule has 23 heavy (non-hydrogen) atoms. The Morgan fingerprint density at radius 3 is 2.70 bits per heavy atom. The van der Waals surface area contributed by atoms with E-state index in [0.29, 0.717) is 29.7 Å². The van der Waals surface area contributed by atoms with Gasteiger partial charge in [0.2, 0.25) is 0 Å². The number of carbonyl (C=O) groups excluding carboxylic acids is 2. The van der Waals surface area contributed by atoms with Gasteiger partial charge in [-0.05, 0) is 31.6 Å². The molecular formula is C17H18O6. The van der Waals surface area contributed by atoms with E-state index >= 15 is 0 Å². The molecular weight excluding hydrogens is 300 g/mol. The Bertz CT molecular complexity index is 733. The van der Waals surface area contributed by atoms with Crippen LogP contribution in [0.5, 0.6) is 11.5 Å². The Kier molecular flexibility index (Phi) is 3.55. The Balaban J connectivity index is 2.09. The number of esters is 2. The summed E-state index contributed by atoms with van der Waals surface area (Å²) in [6.07, 6.45) is 4.27. The van der Waals surface area contributed by atoms with E-state index in [1.807, 2.05) is 6.92 Å². The van der Waals surface area contributed by atoms with Gasteiger partial charge in [0.25, 0.3) is 0 Å². The zero-order valence-electron chi connectivity index (χ0n) is 13.3. The minimum Gasteiger partial charge on any atom is -0.506 e. The molecule has 0 unspecified atom stereocenters. The number of ether oxygens (including phenoxy) is 3. The van der Waals surface area contributed by atoms with Crippen LogP contribution < -0.4 is 4.74 Å². The number of aromatic hydroxyl groups is 1. The smallest absolute Gasteiger partial charge is 0.342 e. The lowest BCUT2D eigenvalue weighted by Crippen LogP contribution is -2.20. The lowest BCUT2D eigenvalue weighted by Gasteiger charge is -2.19. The summed E-state index contributed by atoms with van der Waals surface area (Å²) >= 11 is 0. The number of fused-ring (bicyclic) bond motifs is 1. The zero-order chi connectivity index (χ0) is 16.8. The molecule has 1 aromatic rings. The minimum atomic E-state index is -0.720. The van der Waals surface area contributed by atoms with Crippen molar-refractivity contribution >= 4 is 18.0 Å². The molecule has 0 bridgehead atoms. The Morgan fingerprint density at radius 1 is 1.35 bits per heavy atom. The van der Waals surface area contributed by atoms with Crippen molar-refractivity contribution in [3.05, 3.63) is 28.3 Å². The number of benzene rings is 1. The summed E-state index contributed by atoms with van der Waals surface area (Å²) < 4.78 is 15.7. The highest BCUT2D eigenvalue weighted by atomic mass is 16.6. The van der Waals surface area contributed by atoms with Crippen LogP contribution in [-0.4, -0.2) is 29.8 Å². The van der Waals surface area contributed by atoms with Gasteiger partial charge >= 0.3 is 11.9 Å². The van der Waals surface area contributed by atoms with Gasteiger partial charge in [0.05, 0.1) is 12.7 Å². The first kappa shape index (κ1) is 15.4. The van der Waals surface area contributed by atoms with Crippen molar-refractivity contribution in [3.8, 4) is 11.5 Å². The molecule has 1 saturated heterocycles. The van der Waals surface area contributed by atoms with Gasteiger partial charge < -0.3 is 19.3 Å².